The van der Waals surface area contributed by atoms with Crippen LogP contribution >= 0.6 is 15.9 Å². The summed E-state index contributed by atoms with van der Waals surface area (Å²) in [5, 5.41) is 1.09. The minimum atomic E-state index is -0.573. The highest BCUT2D eigenvalue weighted by molar-refractivity contribution is 9.10. The van der Waals surface area contributed by atoms with E-state index < -0.39 is 6.04 Å². The van der Waals surface area contributed by atoms with Crippen LogP contribution in [0.5, 0.6) is 0 Å². The summed E-state index contributed by atoms with van der Waals surface area (Å²) in [6.45, 7) is 6.77. The summed E-state index contributed by atoms with van der Waals surface area (Å²) in [7, 11) is 2.09. The Balaban J connectivity index is 1.77. The number of aromatic nitrogens is 1. The molecule has 1 amide bonds. The van der Waals surface area contributed by atoms with Gasteiger partial charge in [-0.15, -0.1) is 0 Å². The molecule has 0 bridgehead atoms. The van der Waals surface area contributed by atoms with Gasteiger partial charge in [0.2, 0.25) is 11.8 Å². The summed E-state index contributed by atoms with van der Waals surface area (Å²) in [4.78, 5) is 30.8. The Hall–Kier alpha value is -2.00. The Kier molecular flexibility index (Phi) is 7.62. The lowest BCUT2D eigenvalue weighted by Crippen LogP contribution is -2.47. The molecule has 184 valence electrons. The molecular weight excluding hydrogens is 494 g/mol. The zero-order valence-corrected chi connectivity index (χ0v) is 22.0. The van der Waals surface area contributed by atoms with E-state index in [2.05, 4.69) is 40.0 Å². The average molecular weight is 531 g/mol. The highest BCUT2D eigenvalue weighted by atomic mass is 79.9. The second-order valence-electron chi connectivity index (χ2n) is 9.43. The summed E-state index contributed by atoms with van der Waals surface area (Å²) in [6, 6.07) is 5.69. The molecule has 0 spiro atoms. The molecule has 3 atom stereocenters. The topological polar surface area (TPSA) is 97.6 Å². The molecule has 0 saturated carbocycles. The molecule has 2 heterocycles. The quantitative estimate of drug-likeness (QED) is 0.511. The van der Waals surface area contributed by atoms with Crippen LogP contribution in [-0.2, 0) is 11.2 Å². The number of benzene rings is 1. The van der Waals surface area contributed by atoms with Crippen molar-refractivity contribution < 1.29 is 9.59 Å². The van der Waals surface area contributed by atoms with E-state index in [0.717, 1.165) is 45.9 Å². The molecule has 7 nitrogen and oxygen atoms in total. The van der Waals surface area contributed by atoms with Crippen molar-refractivity contribution in [1.82, 2.24) is 14.4 Å². The lowest BCUT2D eigenvalue weighted by atomic mass is 9.79. The zero-order valence-electron chi connectivity index (χ0n) is 20.4. The fraction of sp³-hybridized carbons (Fsp3) is 0.538. The number of carbonyl (C=O) groups is 2. The highest BCUT2D eigenvalue weighted by Gasteiger charge is 2.38. The molecule has 4 rings (SSSR count). The number of unbranched alkanes of at least 4 members (excludes halogenated alkanes) is 1. The van der Waals surface area contributed by atoms with Gasteiger partial charge in [-0.2, -0.15) is 0 Å². The van der Waals surface area contributed by atoms with Gasteiger partial charge in [0, 0.05) is 31.1 Å². The minimum Gasteiger partial charge on any atom is -0.343 e. The van der Waals surface area contributed by atoms with Gasteiger partial charge in [0.25, 0.3) is 0 Å². The van der Waals surface area contributed by atoms with Crippen molar-refractivity contribution in [1.29, 1.82) is 0 Å². The molecule has 8 heteroatoms. The second kappa shape index (κ2) is 10.3. The van der Waals surface area contributed by atoms with E-state index in [9.17, 15) is 9.59 Å². The Morgan fingerprint density at radius 3 is 2.65 bits per heavy atom. The summed E-state index contributed by atoms with van der Waals surface area (Å²) in [5.41, 5.74) is 16.2. The number of fused-ring (bicyclic) bond motifs is 2. The maximum atomic E-state index is 13.4. The van der Waals surface area contributed by atoms with Crippen molar-refractivity contribution in [3.63, 3.8) is 0 Å². The second-order valence-corrected chi connectivity index (χ2v) is 10.2. The molecule has 1 aliphatic heterocycles. The van der Waals surface area contributed by atoms with E-state index in [0.29, 0.717) is 32.6 Å². The van der Waals surface area contributed by atoms with Crippen LogP contribution in [0.3, 0.4) is 0 Å². The highest BCUT2D eigenvalue weighted by Crippen LogP contribution is 2.45. The van der Waals surface area contributed by atoms with Gasteiger partial charge < -0.3 is 16.4 Å². The summed E-state index contributed by atoms with van der Waals surface area (Å²) >= 11 is 3.75. The zero-order chi connectivity index (χ0) is 24.6. The molecule has 1 aliphatic carbocycles. The number of hydrogen-bond donors (Lipinski definition) is 2. The number of nitrogens with zero attached hydrogens (tertiary/aromatic N) is 3. The van der Waals surface area contributed by atoms with Crippen LogP contribution < -0.4 is 11.5 Å². The Morgan fingerprint density at radius 2 is 1.97 bits per heavy atom. The first-order chi connectivity index (χ1) is 16.3. The van der Waals surface area contributed by atoms with Gasteiger partial charge in [-0.3, -0.25) is 19.1 Å². The third-order valence-electron chi connectivity index (χ3n) is 7.39. The van der Waals surface area contributed by atoms with Crippen LogP contribution in [-0.4, -0.2) is 71.5 Å². The number of nitrogens with two attached hydrogens (primary N) is 2. The molecule has 34 heavy (non-hydrogen) atoms. The van der Waals surface area contributed by atoms with Crippen LogP contribution in [0.25, 0.3) is 16.5 Å². The number of rotatable bonds is 8. The van der Waals surface area contributed by atoms with Crippen LogP contribution in [0, 0.1) is 5.92 Å². The Labute approximate surface area is 210 Å². The summed E-state index contributed by atoms with van der Waals surface area (Å²) in [6.07, 6.45) is 5.27. The molecular formula is C26H36BrN5O2. The first-order valence-corrected chi connectivity index (χ1v) is 13.2. The fourth-order valence-corrected chi connectivity index (χ4v) is 6.26. The van der Waals surface area contributed by atoms with E-state index in [1.54, 1.807) is 4.57 Å². The maximum absolute atomic E-state index is 13.4. The van der Waals surface area contributed by atoms with Crippen molar-refractivity contribution in [3.8, 4) is 0 Å². The predicted molar refractivity (Wildman–Crippen MR) is 141 cm³/mol. The lowest BCUT2D eigenvalue weighted by molar-refractivity contribution is -0.134. The van der Waals surface area contributed by atoms with Gasteiger partial charge in [0.15, 0.2) is 0 Å². The van der Waals surface area contributed by atoms with Gasteiger partial charge in [-0.05, 0) is 85.4 Å². The molecule has 2 aliphatic rings. The van der Waals surface area contributed by atoms with Crippen molar-refractivity contribution in [2.75, 3.05) is 33.2 Å². The van der Waals surface area contributed by atoms with Gasteiger partial charge in [0.05, 0.1) is 22.1 Å². The third kappa shape index (κ3) is 4.26. The van der Waals surface area contributed by atoms with Gasteiger partial charge in [-0.1, -0.05) is 24.6 Å². The minimum absolute atomic E-state index is 0.0981. The van der Waals surface area contributed by atoms with Gasteiger partial charge in [-0.25, -0.2) is 0 Å². The fourth-order valence-electron chi connectivity index (χ4n) is 5.53. The maximum Gasteiger partial charge on any atom is 0.248 e. The largest absolute Gasteiger partial charge is 0.343 e. The van der Waals surface area contributed by atoms with Crippen LogP contribution in [0.2, 0.25) is 0 Å². The molecule has 1 aromatic carbocycles. The third-order valence-corrected chi connectivity index (χ3v) is 8.23. The van der Waals surface area contributed by atoms with Crippen molar-refractivity contribution in [3.05, 3.63) is 40.0 Å². The first kappa shape index (κ1) is 25.1. The van der Waals surface area contributed by atoms with Gasteiger partial charge in [0.1, 0.15) is 0 Å². The summed E-state index contributed by atoms with van der Waals surface area (Å²) < 4.78 is 2.54. The molecule has 0 fully saturated rings. The Bertz CT molecular complexity index is 1120. The number of hydrogen-bond acceptors (Lipinski definition) is 5. The predicted octanol–water partition coefficient (Wildman–Crippen LogP) is 3.24. The molecule has 2 aromatic rings. The monoisotopic (exact) mass is 529 g/mol. The lowest BCUT2D eigenvalue weighted by Gasteiger charge is -2.40. The average Bonchev–Trinajstić information content (AvgIpc) is 3.12. The molecule has 1 aromatic heterocycles. The molecule has 4 N–H and O–H groups in total. The van der Waals surface area contributed by atoms with Crippen molar-refractivity contribution in [2.24, 2.45) is 17.4 Å². The van der Waals surface area contributed by atoms with Crippen LogP contribution in [0.4, 0.5) is 0 Å². The Morgan fingerprint density at radius 1 is 1.24 bits per heavy atom. The number of halogens is 1. The van der Waals surface area contributed by atoms with E-state index in [-0.39, 0.29) is 23.8 Å². The van der Waals surface area contributed by atoms with E-state index >= 15 is 0 Å². The van der Waals surface area contributed by atoms with Crippen LogP contribution in [0.1, 0.15) is 49.0 Å². The van der Waals surface area contributed by atoms with Crippen molar-refractivity contribution >= 4 is 44.2 Å². The van der Waals surface area contributed by atoms with E-state index in [1.807, 2.05) is 30.9 Å². The van der Waals surface area contributed by atoms with E-state index in [1.165, 1.54) is 5.57 Å². The van der Waals surface area contributed by atoms with E-state index in [4.69, 9.17) is 11.5 Å². The van der Waals surface area contributed by atoms with Crippen molar-refractivity contribution in [2.45, 2.75) is 51.6 Å². The number of likely N-dealkylation sites (N-methyl/N-ethyl adjacent to an activating group) is 1. The standard InChI is InChI=1S/C26H36BrN5O2/c1-4-31(5-2)25(33)16-13-18-17-9-8-11-21-23(17)19(14-22(18)30(3)15-16)24(27)32(21)26(34)20(29)10-6-7-12-28/h8-9,11,13,16,20,22H,4-7,10,12,14-15,28-29H2,1-3H3/t16-,20+,22-/m1/s1. The number of carbonyl (C=O) groups excluding carboxylic acids is 2. The molecule has 0 radical (unpaired) electrons. The van der Waals surface area contributed by atoms with Gasteiger partial charge >= 0.3 is 0 Å². The smallest absolute Gasteiger partial charge is 0.248 e. The van der Waals surface area contributed by atoms with Crippen LogP contribution in [0.15, 0.2) is 28.9 Å². The normalized spacial score (nSPS) is 20.7. The molecule has 0 unspecified atom stereocenters. The number of amides is 1. The molecule has 0 saturated heterocycles. The summed E-state index contributed by atoms with van der Waals surface area (Å²) in [5.74, 6) is -0.0895. The first-order valence-electron chi connectivity index (χ1n) is 12.4. The SMILES string of the molecule is CCN(CC)C(=O)[C@@H]1C=C2c3cccc4c3c(c(Br)n4C(=O)[C@@H](N)CCCCN)C[C@H]2N(C)C1.